The van der Waals surface area contributed by atoms with E-state index in [1.807, 2.05) is 0 Å². The molecule has 2 atom stereocenters. The quantitative estimate of drug-likeness (QED) is 0.303. The van der Waals surface area contributed by atoms with E-state index >= 15 is 0 Å². The van der Waals surface area contributed by atoms with Crippen LogP contribution in [0.25, 0.3) is 0 Å². The van der Waals surface area contributed by atoms with Crippen LogP contribution in [-0.2, 0) is 18.3 Å². The van der Waals surface area contributed by atoms with E-state index in [1.54, 1.807) is 24.9 Å². The van der Waals surface area contributed by atoms with Gasteiger partial charge in [0.05, 0.1) is 25.5 Å². The topological polar surface area (TPSA) is 137 Å². The number of carbonyl (C=O) groups is 1. The van der Waals surface area contributed by atoms with Gasteiger partial charge in [-0.3, -0.25) is 18.8 Å². The number of ether oxygens (including phenoxy) is 1. The molecule has 0 radical (unpaired) electrons. The maximum absolute atomic E-state index is 14.4. The summed E-state index contributed by atoms with van der Waals surface area (Å²) in [5, 5.41) is 20.6. The van der Waals surface area contributed by atoms with Crippen molar-refractivity contribution in [2.75, 3.05) is 19.0 Å². The van der Waals surface area contributed by atoms with Gasteiger partial charge in [0.15, 0.2) is 17.3 Å². The average molecular weight is 549 g/mol. The fourth-order valence-corrected chi connectivity index (χ4v) is 4.41. The van der Waals surface area contributed by atoms with Gasteiger partial charge in [-0.25, -0.2) is 13.8 Å². The van der Waals surface area contributed by atoms with Gasteiger partial charge in [0, 0.05) is 37.2 Å². The first-order valence-electron chi connectivity index (χ1n) is 11.3. The Kier molecular flexibility index (Phi) is 7.88. The number of hydrogen-bond acceptors (Lipinski definition) is 8. The molecule has 0 unspecified atom stereocenters. The number of anilines is 1. The predicted molar refractivity (Wildman–Crippen MR) is 131 cm³/mol. The molecule has 38 heavy (non-hydrogen) atoms. The molecular formula is C24H23ClF2N6O5. The molecule has 1 aromatic carbocycles. The first-order valence-corrected chi connectivity index (χ1v) is 11.7. The highest BCUT2D eigenvalue weighted by Crippen LogP contribution is 2.41. The van der Waals surface area contributed by atoms with Crippen molar-refractivity contribution in [3.63, 3.8) is 0 Å². The zero-order valence-corrected chi connectivity index (χ0v) is 21.2. The third-order valence-corrected chi connectivity index (χ3v) is 6.35. The lowest BCUT2D eigenvalue weighted by Gasteiger charge is -2.26. The summed E-state index contributed by atoms with van der Waals surface area (Å²) in [6.45, 7) is 2.48. The molecule has 1 amide bonds. The Hall–Kier alpha value is -4.10. The van der Waals surface area contributed by atoms with Crippen LogP contribution in [0.5, 0.6) is 5.75 Å². The summed E-state index contributed by atoms with van der Waals surface area (Å²) in [6, 6.07) is 1.84. The Morgan fingerprint density at radius 1 is 1.29 bits per heavy atom. The molecule has 4 rings (SSSR count). The van der Waals surface area contributed by atoms with E-state index in [0.717, 1.165) is 23.0 Å². The first-order chi connectivity index (χ1) is 18.1. The molecule has 0 saturated heterocycles. The number of rotatable bonds is 9. The summed E-state index contributed by atoms with van der Waals surface area (Å²) < 4.78 is 40.7. The second-order valence-electron chi connectivity index (χ2n) is 8.48. The number of nitrogens with one attached hydrogen (secondary N) is 1. The Morgan fingerprint density at radius 2 is 2.03 bits per heavy atom. The summed E-state index contributed by atoms with van der Waals surface area (Å²) >= 11 is 6.36. The molecule has 0 aliphatic carbocycles. The second-order valence-corrected chi connectivity index (χ2v) is 8.89. The number of methoxy groups -OCH3 is 1. The number of carbonyl (C=O) groups excluding carboxylic acids is 1. The molecule has 0 aliphatic heterocycles. The predicted octanol–water partition coefficient (Wildman–Crippen LogP) is 3.44. The third kappa shape index (κ3) is 5.29. The van der Waals surface area contributed by atoms with E-state index in [9.17, 15) is 23.5 Å². The minimum Gasteiger partial charge on any atom is -0.501 e. The van der Waals surface area contributed by atoms with Crippen LogP contribution in [0.15, 0.2) is 46.3 Å². The van der Waals surface area contributed by atoms with Crippen LogP contribution in [-0.4, -0.2) is 49.2 Å². The monoisotopic (exact) mass is 548 g/mol. The number of benzene rings is 1. The smallest absolute Gasteiger partial charge is 0.296 e. The zero-order valence-electron chi connectivity index (χ0n) is 20.5. The van der Waals surface area contributed by atoms with Gasteiger partial charge in [0.25, 0.3) is 11.5 Å². The molecule has 0 aliphatic rings. The summed E-state index contributed by atoms with van der Waals surface area (Å²) in [6.07, 6.45) is 5.60. The average Bonchev–Trinajstić information content (AvgIpc) is 3.57. The van der Waals surface area contributed by atoms with Gasteiger partial charge in [-0.1, -0.05) is 23.7 Å². The van der Waals surface area contributed by atoms with Gasteiger partial charge in [-0.05, 0) is 23.3 Å². The van der Waals surface area contributed by atoms with Crippen molar-refractivity contribution in [1.29, 1.82) is 0 Å². The van der Waals surface area contributed by atoms with E-state index in [-0.39, 0.29) is 22.1 Å². The summed E-state index contributed by atoms with van der Waals surface area (Å²) in [4.78, 5) is 30.0. The number of hydrogen-bond donors (Lipinski definition) is 2. The van der Waals surface area contributed by atoms with Crippen molar-refractivity contribution in [2.45, 2.75) is 25.3 Å². The molecule has 0 bridgehead atoms. The molecule has 0 spiro atoms. The highest BCUT2D eigenvalue weighted by molar-refractivity contribution is 6.31. The number of amides is 1. The highest BCUT2D eigenvalue weighted by Gasteiger charge is 2.32. The van der Waals surface area contributed by atoms with Crippen molar-refractivity contribution < 1.29 is 27.9 Å². The van der Waals surface area contributed by atoms with Gasteiger partial charge in [0.2, 0.25) is 5.75 Å². The molecule has 3 aromatic heterocycles. The maximum Gasteiger partial charge on any atom is 0.296 e. The van der Waals surface area contributed by atoms with Crippen molar-refractivity contribution in [2.24, 2.45) is 7.05 Å². The minimum atomic E-state index is -1.12. The van der Waals surface area contributed by atoms with Crippen LogP contribution in [0.4, 0.5) is 14.5 Å². The Bertz CT molecular complexity index is 1520. The lowest BCUT2D eigenvalue weighted by atomic mass is 9.82. The van der Waals surface area contributed by atoms with Crippen molar-refractivity contribution in [3.8, 4) is 5.75 Å². The van der Waals surface area contributed by atoms with E-state index in [0.29, 0.717) is 18.7 Å². The van der Waals surface area contributed by atoms with E-state index in [1.165, 1.54) is 19.4 Å². The molecule has 200 valence electrons. The fourth-order valence-electron chi connectivity index (χ4n) is 4.14. The van der Waals surface area contributed by atoms with E-state index in [4.69, 9.17) is 16.3 Å². The molecular weight excluding hydrogens is 526 g/mol. The van der Waals surface area contributed by atoms with Gasteiger partial charge in [-0.15, -0.1) is 0 Å². The van der Waals surface area contributed by atoms with E-state index in [2.05, 4.69) is 25.1 Å². The highest BCUT2D eigenvalue weighted by atomic mass is 35.5. The SMILES string of the molecule is COCCn1cc([C@H](c2cc(F)c(F)cc2Cl)[C@H](C)c2nc(C(=O)Nc3cnoc3)c(O)c(=O)n2C)cn1. The van der Waals surface area contributed by atoms with Gasteiger partial charge in [0.1, 0.15) is 17.8 Å². The van der Waals surface area contributed by atoms with Crippen molar-refractivity contribution in [3.05, 3.63) is 86.6 Å². The number of aromatic hydroxyl groups is 1. The standard InChI is InChI=1S/C24H23ClF2N6O5/c1-12(22-31-20(21(34)24(36)32(22)2)23(35)30-14-9-29-38-11-14)19(13-8-28-33(10-13)4-5-37-3)15-6-17(26)18(27)7-16(15)25/h6-12,19,34H,4-5H2,1-3H3,(H,30,35)/t12-,19+/m0/s1. The number of nitrogens with zero attached hydrogens (tertiary/aromatic N) is 5. The minimum absolute atomic E-state index is 0.0559. The Balaban J connectivity index is 1.84. The first kappa shape index (κ1) is 26.9. The molecule has 0 saturated carbocycles. The maximum atomic E-state index is 14.4. The molecule has 2 N–H and O–H groups in total. The summed E-state index contributed by atoms with van der Waals surface area (Å²) in [5.41, 5.74) is -0.479. The number of halogens is 3. The van der Waals surface area contributed by atoms with Crippen LogP contribution in [0.2, 0.25) is 5.02 Å². The normalized spacial score (nSPS) is 12.9. The molecule has 3 heterocycles. The Morgan fingerprint density at radius 3 is 2.71 bits per heavy atom. The van der Waals surface area contributed by atoms with Crippen molar-refractivity contribution >= 4 is 23.2 Å². The van der Waals surface area contributed by atoms with E-state index < -0.39 is 46.4 Å². The van der Waals surface area contributed by atoms with Gasteiger partial charge < -0.3 is 19.7 Å². The largest absolute Gasteiger partial charge is 0.501 e. The van der Waals surface area contributed by atoms with Crippen LogP contribution < -0.4 is 10.9 Å². The molecule has 14 heteroatoms. The number of aromatic nitrogens is 5. The molecule has 0 fully saturated rings. The lowest BCUT2D eigenvalue weighted by Crippen LogP contribution is -2.29. The molecule has 4 aromatic rings. The van der Waals surface area contributed by atoms with Crippen LogP contribution in [0, 0.1) is 11.6 Å². The third-order valence-electron chi connectivity index (χ3n) is 6.03. The van der Waals surface area contributed by atoms with Gasteiger partial charge in [-0.2, -0.15) is 5.10 Å². The van der Waals surface area contributed by atoms with Crippen molar-refractivity contribution in [1.82, 2.24) is 24.5 Å². The lowest BCUT2D eigenvalue weighted by molar-refractivity contribution is 0.101. The second kappa shape index (κ2) is 11.1. The van der Waals surface area contributed by atoms with Gasteiger partial charge >= 0.3 is 0 Å². The molecule has 11 nitrogen and oxygen atoms in total. The summed E-state index contributed by atoms with van der Waals surface area (Å²) in [7, 11) is 2.92. The van der Waals surface area contributed by atoms with Crippen LogP contribution in [0.3, 0.4) is 0 Å². The van der Waals surface area contributed by atoms with Crippen LogP contribution >= 0.6 is 11.6 Å². The zero-order chi connectivity index (χ0) is 27.6. The Labute approximate surface area is 219 Å². The fraction of sp³-hybridized carbons (Fsp3) is 0.292. The summed E-state index contributed by atoms with van der Waals surface area (Å²) in [5.74, 6) is -5.46. The van der Waals surface area contributed by atoms with Crippen LogP contribution in [0.1, 0.15) is 46.2 Å².